The van der Waals surface area contributed by atoms with Gasteiger partial charge in [-0.3, -0.25) is 38.9 Å². The quantitative estimate of drug-likeness (QED) is 0.0142. The van der Waals surface area contributed by atoms with Crippen LogP contribution < -0.4 is 47.9 Å². The zero-order valence-electron chi connectivity index (χ0n) is 52.9. The molecule has 6 atom stereocenters. The van der Waals surface area contributed by atoms with Crippen molar-refractivity contribution in [2.75, 3.05) is 31.9 Å². The number of carbonyl (C=O) groups excluding carboxylic acids is 7. The summed E-state index contributed by atoms with van der Waals surface area (Å²) in [6, 6.07) is 39.6. The lowest BCUT2D eigenvalue weighted by Crippen LogP contribution is -2.57. The Morgan fingerprint density at radius 1 is 0.379 bits per heavy atom. The topological polar surface area (TPSA) is 397 Å². The lowest BCUT2D eigenvalue weighted by Gasteiger charge is -2.36. The normalized spacial score (nSPS) is 13.0. The van der Waals surface area contributed by atoms with Gasteiger partial charge < -0.3 is 68.1 Å². The molecule has 25 nitrogen and oxygen atoms in total. The molecule has 14 N–H and O–H groups in total. The van der Waals surface area contributed by atoms with Crippen molar-refractivity contribution >= 4 is 77.1 Å². The summed E-state index contributed by atoms with van der Waals surface area (Å²) in [5, 5.41) is 72.2. The molecular formula is C69H87N9O16S. The predicted molar refractivity (Wildman–Crippen MR) is 355 cm³/mol. The minimum atomic E-state index is -1.53. The highest BCUT2D eigenvalue weighted by Crippen LogP contribution is 2.48. The van der Waals surface area contributed by atoms with Gasteiger partial charge in [-0.25, -0.2) is 19.2 Å². The van der Waals surface area contributed by atoms with Crippen LogP contribution in [0.25, 0.3) is 0 Å². The Balaban J connectivity index is 1.02. The highest BCUT2D eigenvalue weighted by molar-refractivity contribution is 8.00. The lowest BCUT2D eigenvalue weighted by atomic mass is 9.84. The fraction of sp³-hybridized carbons (Fsp3) is 0.406. The molecule has 0 radical (unpaired) electrons. The van der Waals surface area contributed by atoms with Gasteiger partial charge >= 0.3 is 29.9 Å². The van der Waals surface area contributed by atoms with Crippen molar-refractivity contribution in [3.63, 3.8) is 0 Å². The van der Waals surface area contributed by atoms with Gasteiger partial charge in [-0.05, 0) is 85.6 Å². The van der Waals surface area contributed by atoms with Crippen LogP contribution in [0.3, 0.4) is 0 Å². The molecule has 510 valence electrons. The number of hydrogen-bond donors (Lipinski definition) is 14. The van der Waals surface area contributed by atoms with Crippen LogP contribution in [0.15, 0.2) is 152 Å². The van der Waals surface area contributed by atoms with Gasteiger partial charge in [-0.2, -0.15) is 0 Å². The van der Waals surface area contributed by atoms with Gasteiger partial charge in [-0.1, -0.05) is 165 Å². The molecule has 0 aliphatic rings. The number of benzene rings is 5. The van der Waals surface area contributed by atoms with E-state index in [-0.39, 0.29) is 75.7 Å². The predicted octanol–water partition coefficient (Wildman–Crippen LogP) is 4.74. The van der Waals surface area contributed by atoms with Gasteiger partial charge in [0.1, 0.15) is 36.4 Å². The van der Waals surface area contributed by atoms with Gasteiger partial charge in [0.25, 0.3) is 0 Å². The average Bonchev–Trinajstić information content (AvgIpc) is 0.768. The van der Waals surface area contributed by atoms with Crippen LogP contribution in [0.2, 0.25) is 0 Å². The number of amides is 8. The second-order valence-electron chi connectivity index (χ2n) is 22.7. The number of rotatable bonds is 45. The molecule has 0 fully saturated rings. The Morgan fingerprint density at radius 3 is 1.19 bits per heavy atom. The largest absolute Gasteiger partial charge is 0.481 e. The molecule has 0 saturated carbocycles. The summed E-state index contributed by atoms with van der Waals surface area (Å²) in [4.78, 5) is 139. The number of urea groups is 1. The molecule has 5 aromatic rings. The molecule has 0 saturated heterocycles. The third kappa shape index (κ3) is 28.2. The van der Waals surface area contributed by atoms with E-state index in [2.05, 4.69) is 47.9 Å². The zero-order chi connectivity index (χ0) is 68.8. The van der Waals surface area contributed by atoms with Gasteiger partial charge in [0, 0.05) is 50.9 Å². The van der Waals surface area contributed by atoms with Crippen LogP contribution in [-0.4, -0.2) is 159 Å². The van der Waals surface area contributed by atoms with E-state index in [1.807, 2.05) is 91.0 Å². The molecule has 0 aliphatic carbocycles. The average molecular weight is 1330 g/mol. The fourth-order valence-electron chi connectivity index (χ4n) is 10.3. The number of carbonyl (C=O) groups is 11. The van der Waals surface area contributed by atoms with E-state index in [9.17, 15) is 73.2 Å². The molecule has 0 aliphatic heterocycles. The summed E-state index contributed by atoms with van der Waals surface area (Å²) in [5.74, 6) is -8.49. The molecule has 5 rings (SSSR count). The first-order valence-corrected chi connectivity index (χ1v) is 32.7. The Bertz CT molecular complexity index is 3150. The molecule has 5 unspecified atom stereocenters. The SMILES string of the molecule is O=C(O)CCC(NC(=O)N[C@@H](CCCCNC(=O)CCCCCCC(=O)NCCCCC(NC(=O)C(Cc1ccccc1)NC(=O)C(Cc1ccccc1)NC(=O)CNC(=O)CNC(O)CSC(c1ccccc1)(c1ccccc1)c1ccccc1)C(=O)O)C(=O)O)C(=O)O. The number of aliphatic hydroxyl groups excluding tert-OH is 1. The summed E-state index contributed by atoms with van der Waals surface area (Å²) in [6.07, 6.45) is 2.22. The number of aliphatic hydroxyl groups is 1. The minimum Gasteiger partial charge on any atom is -0.481 e. The summed E-state index contributed by atoms with van der Waals surface area (Å²) < 4.78 is -0.716. The number of carboxylic acids is 4. The first kappa shape index (κ1) is 76.1. The summed E-state index contributed by atoms with van der Waals surface area (Å²) in [5.41, 5.74) is 4.32. The molecule has 95 heavy (non-hydrogen) atoms. The minimum absolute atomic E-state index is 0.000422. The molecule has 8 amide bonds. The van der Waals surface area contributed by atoms with E-state index < -0.39 is 114 Å². The molecule has 26 heteroatoms. The van der Waals surface area contributed by atoms with Gasteiger partial charge in [0.05, 0.1) is 17.8 Å². The van der Waals surface area contributed by atoms with Crippen molar-refractivity contribution in [3.05, 3.63) is 179 Å². The van der Waals surface area contributed by atoms with Gasteiger partial charge in [-0.15, -0.1) is 11.8 Å². The second kappa shape index (κ2) is 41.8. The van der Waals surface area contributed by atoms with E-state index >= 15 is 0 Å². The van der Waals surface area contributed by atoms with Crippen molar-refractivity contribution in [1.82, 2.24) is 47.9 Å². The third-order valence-corrected chi connectivity index (χ3v) is 16.9. The van der Waals surface area contributed by atoms with Crippen LogP contribution >= 0.6 is 11.8 Å². The van der Waals surface area contributed by atoms with E-state index in [1.165, 1.54) is 11.8 Å². The number of unbranched alkanes of at least 4 members (excludes halogenated alkanes) is 5. The number of nitrogens with one attached hydrogen (secondary N) is 9. The molecule has 0 bridgehead atoms. The standard InChI is InChI=1S/C69H87N9O16S/c79-57(36-18-1-2-19-37-58(80)71-41-23-21-35-53(66(90)91)77-68(94)78-54(67(92)93)38-39-62(84)85)70-40-22-20-34-52(65(88)89)75-64(87)56(43-48-26-10-4-11-27-48)76-63(86)55(42-47-24-8-3-9-25-47)74-60(82)45-72-59(81)44-73-61(83)46-95-69(49-28-12-5-13-29-49,50-30-14-6-15-31-50)51-32-16-7-17-33-51/h3-17,24-33,52-56,61,73,83H,1-2,18-23,34-46H2,(H,70,79)(H,71,80)(H,72,81)(H,74,82)(H,75,87)(H,76,86)(H,84,85)(H,88,89)(H,90,91)(H,92,93)(H2,77,78,94)/t52?,53-,54?,55?,56?,61?/m0/s1. The van der Waals surface area contributed by atoms with Gasteiger partial charge in [0.15, 0.2) is 0 Å². The summed E-state index contributed by atoms with van der Waals surface area (Å²) in [6.45, 7) is -0.374. The second-order valence-corrected chi connectivity index (χ2v) is 23.9. The van der Waals surface area contributed by atoms with Crippen LogP contribution in [0, 0.1) is 0 Å². The van der Waals surface area contributed by atoms with E-state index in [0.717, 1.165) is 16.7 Å². The molecule has 0 heterocycles. The molecule has 0 aromatic heterocycles. The van der Waals surface area contributed by atoms with Crippen LogP contribution in [0.5, 0.6) is 0 Å². The van der Waals surface area contributed by atoms with Crippen LogP contribution in [0.1, 0.15) is 118 Å². The molecule has 5 aromatic carbocycles. The van der Waals surface area contributed by atoms with E-state index in [1.54, 1.807) is 60.7 Å². The first-order chi connectivity index (χ1) is 45.7. The first-order valence-electron chi connectivity index (χ1n) is 31.7. The van der Waals surface area contributed by atoms with Gasteiger partial charge in [0.2, 0.25) is 35.4 Å². The zero-order valence-corrected chi connectivity index (χ0v) is 53.7. The Hall–Kier alpha value is -9.66. The summed E-state index contributed by atoms with van der Waals surface area (Å²) >= 11 is 1.50. The Labute approximate surface area is 556 Å². The maximum atomic E-state index is 14.3. The number of aliphatic carboxylic acids is 4. The number of hydrogen-bond acceptors (Lipinski definition) is 14. The van der Waals surface area contributed by atoms with Crippen molar-refractivity contribution in [1.29, 1.82) is 0 Å². The number of carboxylic acid groups (broad SMARTS) is 4. The summed E-state index contributed by atoms with van der Waals surface area (Å²) in [7, 11) is 0. The van der Waals surface area contributed by atoms with Crippen molar-refractivity contribution in [2.45, 2.75) is 144 Å². The molecular weight excluding hydrogens is 1240 g/mol. The van der Waals surface area contributed by atoms with Crippen LogP contribution in [0.4, 0.5) is 4.79 Å². The number of thioether (sulfide) groups is 1. The third-order valence-electron chi connectivity index (χ3n) is 15.3. The highest BCUT2D eigenvalue weighted by atomic mass is 32.2. The smallest absolute Gasteiger partial charge is 0.326 e. The maximum Gasteiger partial charge on any atom is 0.326 e. The highest BCUT2D eigenvalue weighted by Gasteiger charge is 2.38. The molecule has 0 spiro atoms. The monoisotopic (exact) mass is 1330 g/mol. The maximum absolute atomic E-state index is 14.3. The van der Waals surface area contributed by atoms with Crippen molar-refractivity contribution in [2.24, 2.45) is 0 Å². The lowest BCUT2D eigenvalue weighted by molar-refractivity contribution is -0.143. The Kier molecular flexibility index (Phi) is 33.5. The Morgan fingerprint density at radius 2 is 0.768 bits per heavy atom. The fourth-order valence-corrected chi connectivity index (χ4v) is 11.7. The van der Waals surface area contributed by atoms with Crippen LogP contribution in [-0.2, 0) is 65.5 Å². The van der Waals surface area contributed by atoms with E-state index in [4.69, 9.17) is 5.11 Å². The van der Waals surface area contributed by atoms with Crippen molar-refractivity contribution in [3.8, 4) is 0 Å². The van der Waals surface area contributed by atoms with E-state index in [0.29, 0.717) is 62.5 Å². The van der Waals surface area contributed by atoms with Crippen molar-refractivity contribution < 1.29 is 78.3 Å².